The molecular formula is C14H28N2O3S. The molecule has 118 valence electrons. The molecule has 0 aromatic rings. The minimum atomic E-state index is -3.15. The van der Waals surface area contributed by atoms with Gasteiger partial charge in [-0.2, -0.15) is 0 Å². The number of nitrogens with one attached hydrogen (secondary N) is 2. The van der Waals surface area contributed by atoms with Gasteiger partial charge in [0.2, 0.25) is 10.0 Å². The van der Waals surface area contributed by atoms with Crippen LogP contribution in [0.4, 0.5) is 0 Å². The largest absolute Gasteiger partial charge is 0.377 e. The fourth-order valence-electron chi connectivity index (χ4n) is 3.09. The highest BCUT2D eigenvalue weighted by molar-refractivity contribution is 7.89. The molecule has 1 unspecified atom stereocenters. The van der Waals surface area contributed by atoms with Crippen LogP contribution in [0.5, 0.6) is 0 Å². The second-order valence-corrected chi connectivity index (χ2v) is 7.87. The molecule has 0 aromatic carbocycles. The average molecular weight is 304 g/mol. The molecule has 0 bridgehead atoms. The van der Waals surface area contributed by atoms with E-state index in [1.807, 2.05) is 0 Å². The zero-order valence-electron chi connectivity index (χ0n) is 12.3. The zero-order valence-corrected chi connectivity index (χ0v) is 13.1. The Morgan fingerprint density at radius 3 is 2.60 bits per heavy atom. The molecule has 2 N–H and O–H groups in total. The van der Waals surface area contributed by atoms with Gasteiger partial charge in [-0.25, -0.2) is 13.1 Å². The summed E-state index contributed by atoms with van der Waals surface area (Å²) in [5, 5.41) is 3.25. The third-order valence-corrected chi connectivity index (χ3v) is 5.74. The summed E-state index contributed by atoms with van der Waals surface area (Å²) in [5.74, 6) is 0.490. The number of sulfonamides is 1. The summed E-state index contributed by atoms with van der Waals surface area (Å²) in [4.78, 5) is 0. The van der Waals surface area contributed by atoms with E-state index in [0.717, 1.165) is 38.8 Å². The first-order chi connectivity index (χ1) is 9.66. The Kier molecular flexibility index (Phi) is 6.74. The fourth-order valence-corrected chi connectivity index (χ4v) is 4.51. The average Bonchev–Trinajstić information content (AvgIpc) is 2.45. The van der Waals surface area contributed by atoms with Crippen LogP contribution in [0.3, 0.4) is 0 Å². The van der Waals surface area contributed by atoms with Crippen LogP contribution in [0.2, 0.25) is 0 Å². The quantitative estimate of drug-likeness (QED) is 0.695. The van der Waals surface area contributed by atoms with Gasteiger partial charge in [0.1, 0.15) is 0 Å². The summed E-state index contributed by atoms with van der Waals surface area (Å²) in [7, 11) is -3.15. The van der Waals surface area contributed by atoms with Gasteiger partial charge >= 0.3 is 0 Å². The van der Waals surface area contributed by atoms with Crippen molar-refractivity contribution in [2.45, 2.75) is 51.0 Å². The maximum Gasteiger partial charge on any atom is 0.211 e. The Labute approximate surface area is 122 Å². The van der Waals surface area contributed by atoms with Crippen LogP contribution in [0.1, 0.15) is 44.9 Å². The number of piperidine rings is 1. The van der Waals surface area contributed by atoms with Crippen molar-refractivity contribution in [3.8, 4) is 0 Å². The van der Waals surface area contributed by atoms with E-state index in [1.54, 1.807) is 0 Å². The van der Waals surface area contributed by atoms with Crippen molar-refractivity contribution in [1.82, 2.24) is 10.0 Å². The Morgan fingerprint density at radius 1 is 1.10 bits per heavy atom. The van der Waals surface area contributed by atoms with E-state index in [4.69, 9.17) is 4.74 Å². The fraction of sp³-hybridized carbons (Fsp3) is 1.00. The molecule has 0 amide bonds. The molecule has 1 saturated heterocycles. The summed E-state index contributed by atoms with van der Waals surface area (Å²) < 4.78 is 32.3. The topological polar surface area (TPSA) is 67.4 Å². The number of hydrogen-bond acceptors (Lipinski definition) is 4. The van der Waals surface area contributed by atoms with E-state index in [1.165, 1.54) is 19.3 Å². The summed E-state index contributed by atoms with van der Waals surface area (Å²) in [5.41, 5.74) is 0. The molecule has 0 spiro atoms. The van der Waals surface area contributed by atoms with Gasteiger partial charge in [-0.1, -0.05) is 19.3 Å². The normalized spacial score (nSPS) is 25.7. The first-order valence-electron chi connectivity index (χ1n) is 7.95. The van der Waals surface area contributed by atoms with Gasteiger partial charge in [-0.3, -0.25) is 0 Å². The smallest absolute Gasteiger partial charge is 0.211 e. The van der Waals surface area contributed by atoms with Crippen molar-refractivity contribution in [2.24, 2.45) is 5.92 Å². The molecule has 0 aromatic heterocycles. The van der Waals surface area contributed by atoms with Crippen molar-refractivity contribution < 1.29 is 13.2 Å². The first kappa shape index (κ1) is 16.2. The number of hydrogen-bond donors (Lipinski definition) is 2. The highest BCUT2D eigenvalue weighted by Crippen LogP contribution is 2.19. The third kappa shape index (κ3) is 6.08. The highest BCUT2D eigenvalue weighted by Gasteiger charge is 2.21. The van der Waals surface area contributed by atoms with E-state index in [0.29, 0.717) is 19.3 Å². The van der Waals surface area contributed by atoms with E-state index in [-0.39, 0.29) is 11.7 Å². The molecule has 6 heteroatoms. The molecule has 2 aliphatic rings. The molecule has 1 heterocycles. The van der Waals surface area contributed by atoms with E-state index >= 15 is 0 Å². The lowest BCUT2D eigenvalue weighted by atomic mass is 9.98. The zero-order chi connectivity index (χ0) is 14.3. The summed E-state index contributed by atoms with van der Waals surface area (Å²) in [6.45, 7) is 2.73. The summed E-state index contributed by atoms with van der Waals surface area (Å²) >= 11 is 0. The SMILES string of the molecule is O=S(=O)(CC1CCCNC1)NCCOC1CCCCC1. The molecule has 1 aliphatic heterocycles. The lowest BCUT2D eigenvalue weighted by Crippen LogP contribution is -2.38. The van der Waals surface area contributed by atoms with Crippen molar-refractivity contribution in [2.75, 3.05) is 32.0 Å². The molecule has 2 fully saturated rings. The van der Waals surface area contributed by atoms with Crippen molar-refractivity contribution in [3.63, 3.8) is 0 Å². The van der Waals surface area contributed by atoms with Crippen LogP contribution >= 0.6 is 0 Å². The minimum Gasteiger partial charge on any atom is -0.377 e. The Bertz CT molecular complexity index is 361. The van der Waals surface area contributed by atoms with Crippen LogP contribution in [-0.2, 0) is 14.8 Å². The van der Waals surface area contributed by atoms with Gasteiger partial charge in [-0.15, -0.1) is 0 Å². The Balaban J connectivity index is 1.59. The molecule has 1 atom stereocenters. The first-order valence-corrected chi connectivity index (χ1v) is 9.60. The predicted molar refractivity (Wildman–Crippen MR) is 80.2 cm³/mol. The lowest BCUT2D eigenvalue weighted by Gasteiger charge is -2.23. The number of rotatable bonds is 7. The molecule has 1 aliphatic carbocycles. The maximum atomic E-state index is 12.0. The lowest BCUT2D eigenvalue weighted by molar-refractivity contribution is 0.0321. The molecule has 2 rings (SSSR count). The second-order valence-electron chi connectivity index (χ2n) is 6.02. The van der Waals surface area contributed by atoms with E-state index < -0.39 is 10.0 Å². The minimum absolute atomic E-state index is 0.240. The Hall–Kier alpha value is -0.170. The monoisotopic (exact) mass is 304 g/mol. The highest BCUT2D eigenvalue weighted by atomic mass is 32.2. The van der Waals surface area contributed by atoms with Gasteiger partial charge < -0.3 is 10.1 Å². The van der Waals surface area contributed by atoms with Gasteiger partial charge in [0.05, 0.1) is 18.5 Å². The number of ether oxygens (including phenoxy) is 1. The van der Waals surface area contributed by atoms with Crippen molar-refractivity contribution >= 4 is 10.0 Å². The maximum absolute atomic E-state index is 12.0. The van der Waals surface area contributed by atoms with E-state index in [2.05, 4.69) is 10.0 Å². The predicted octanol–water partition coefficient (Wildman–Crippen LogP) is 1.25. The van der Waals surface area contributed by atoms with Gasteiger partial charge in [0.25, 0.3) is 0 Å². The second kappa shape index (κ2) is 8.32. The van der Waals surface area contributed by atoms with Crippen LogP contribution in [-0.4, -0.2) is 46.5 Å². The third-order valence-electron chi connectivity index (χ3n) is 4.18. The molecule has 5 nitrogen and oxygen atoms in total. The van der Waals surface area contributed by atoms with Gasteiger partial charge in [0, 0.05) is 6.54 Å². The summed E-state index contributed by atoms with van der Waals surface area (Å²) in [6.07, 6.45) is 8.46. The molecular weight excluding hydrogens is 276 g/mol. The van der Waals surface area contributed by atoms with Crippen LogP contribution in [0.15, 0.2) is 0 Å². The summed E-state index contributed by atoms with van der Waals surface area (Å²) in [6, 6.07) is 0. The van der Waals surface area contributed by atoms with Crippen molar-refractivity contribution in [3.05, 3.63) is 0 Å². The van der Waals surface area contributed by atoms with Gasteiger partial charge in [-0.05, 0) is 44.7 Å². The van der Waals surface area contributed by atoms with Crippen LogP contribution < -0.4 is 10.0 Å². The Morgan fingerprint density at radius 2 is 1.90 bits per heavy atom. The molecule has 0 radical (unpaired) electrons. The van der Waals surface area contributed by atoms with Gasteiger partial charge in [0.15, 0.2) is 0 Å². The van der Waals surface area contributed by atoms with Crippen LogP contribution in [0.25, 0.3) is 0 Å². The standard InChI is InChI=1S/C14H28N2O3S/c17-20(18,12-13-5-4-8-15-11-13)16-9-10-19-14-6-2-1-3-7-14/h13-16H,1-12H2. The molecule has 1 saturated carbocycles. The van der Waals surface area contributed by atoms with Crippen LogP contribution in [0, 0.1) is 5.92 Å². The molecule has 20 heavy (non-hydrogen) atoms. The van der Waals surface area contributed by atoms with E-state index in [9.17, 15) is 8.42 Å². The van der Waals surface area contributed by atoms with Crippen molar-refractivity contribution in [1.29, 1.82) is 0 Å².